The molecular formula is C21H20N2O2. The Morgan fingerprint density at radius 1 is 0.720 bits per heavy atom. The average molecular weight is 332 g/mol. The molecule has 0 bridgehead atoms. The lowest BCUT2D eigenvalue weighted by Crippen LogP contribution is -2.35. The zero-order valence-corrected chi connectivity index (χ0v) is 13.9. The van der Waals surface area contributed by atoms with Gasteiger partial charge in [0.15, 0.2) is 0 Å². The number of carbonyl (C=O) groups excluding carboxylic acids is 2. The van der Waals surface area contributed by atoms with E-state index in [-0.39, 0.29) is 11.8 Å². The monoisotopic (exact) mass is 332 g/mol. The summed E-state index contributed by atoms with van der Waals surface area (Å²) >= 11 is 0. The van der Waals surface area contributed by atoms with E-state index in [0.717, 1.165) is 16.3 Å². The molecule has 126 valence electrons. The number of amides is 2. The molecule has 0 aliphatic carbocycles. The highest BCUT2D eigenvalue weighted by Gasteiger charge is 2.09. The SMILES string of the molecule is O=C(Cc1ccccc1)NCCNC(=O)c1cccc2ccccc12. The fourth-order valence-corrected chi connectivity index (χ4v) is 2.74. The Labute approximate surface area is 146 Å². The topological polar surface area (TPSA) is 58.2 Å². The third-order valence-corrected chi connectivity index (χ3v) is 3.97. The molecular weight excluding hydrogens is 312 g/mol. The van der Waals surface area contributed by atoms with Crippen LogP contribution in [0.1, 0.15) is 15.9 Å². The Morgan fingerprint density at radius 2 is 1.40 bits per heavy atom. The number of hydrogen-bond acceptors (Lipinski definition) is 2. The first-order chi connectivity index (χ1) is 12.2. The highest BCUT2D eigenvalue weighted by Crippen LogP contribution is 2.18. The molecule has 25 heavy (non-hydrogen) atoms. The van der Waals surface area contributed by atoms with Crippen molar-refractivity contribution in [1.82, 2.24) is 10.6 Å². The van der Waals surface area contributed by atoms with Gasteiger partial charge in [-0.15, -0.1) is 0 Å². The van der Waals surface area contributed by atoms with Gasteiger partial charge in [-0.3, -0.25) is 9.59 Å². The highest BCUT2D eigenvalue weighted by molar-refractivity contribution is 6.07. The summed E-state index contributed by atoms with van der Waals surface area (Å²) in [7, 11) is 0. The van der Waals surface area contributed by atoms with Crippen LogP contribution >= 0.6 is 0 Å². The average Bonchev–Trinajstić information content (AvgIpc) is 2.65. The van der Waals surface area contributed by atoms with Crippen molar-refractivity contribution in [1.29, 1.82) is 0 Å². The molecule has 0 saturated carbocycles. The lowest BCUT2D eigenvalue weighted by Gasteiger charge is -2.09. The van der Waals surface area contributed by atoms with Gasteiger partial charge in [0.05, 0.1) is 6.42 Å². The third-order valence-electron chi connectivity index (χ3n) is 3.97. The summed E-state index contributed by atoms with van der Waals surface area (Å²) in [5.41, 5.74) is 1.62. The summed E-state index contributed by atoms with van der Waals surface area (Å²) in [6.45, 7) is 0.796. The Kier molecular flexibility index (Phi) is 5.42. The van der Waals surface area contributed by atoms with E-state index in [0.29, 0.717) is 25.1 Å². The Balaban J connectivity index is 1.49. The molecule has 0 aliphatic heterocycles. The van der Waals surface area contributed by atoms with Crippen molar-refractivity contribution in [2.24, 2.45) is 0 Å². The maximum atomic E-state index is 12.4. The number of hydrogen-bond donors (Lipinski definition) is 2. The molecule has 0 aliphatic rings. The predicted octanol–water partition coefficient (Wildman–Crippen LogP) is 2.93. The predicted molar refractivity (Wildman–Crippen MR) is 99.4 cm³/mol. The molecule has 2 amide bonds. The maximum absolute atomic E-state index is 12.4. The first-order valence-corrected chi connectivity index (χ1v) is 8.30. The molecule has 0 aromatic heterocycles. The van der Waals surface area contributed by atoms with E-state index >= 15 is 0 Å². The molecule has 0 unspecified atom stereocenters. The Bertz CT molecular complexity index is 870. The van der Waals surface area contributed by atoms with E-state index in [4.69, 9.17) is 0 Å². The van der Waals surface area contributed by atoms with Crippen molar-refractivity contribution in [3.63, 3.8) is 0 Å². The van der Waals surface area contributed by atoms with Crippen LogP contribution in [0, 0.1) is 0 Å². The molecule has 3 rings (SSSR count). The number of carbonyl (C=O) groups is 2. The quantitative estimate of drug-likeness (QED) is 0.682. The second-order valence-electron chi connectivity index (χ2n) is 5.79. The molecule has 0 atom stereocenters. The first-order valence-electron chi connectivity index (χ1n) is 8.30. The van der Waals surface area contributed by atoms with Crippen LogP contribution in [0.2, 0.25) is 0 Å². The summed E-state index contributed by atoms with van der Waals surface area (Å²) in [4.78, 5) is 24.2. The molecule has 2 N–H and O–H groups in total. The molecule has 4 heteroatoms. The second-order valence-corrected chi connectivity index (χ2v) is 5.79. The minimum Gasteiger partial charge on any atom is -0.354 e. The second kappa shape index (κ2) is 8.11. The Hall–Kier alpha value is -3.14. The third kappa shape index (κ3) is 4.44. The number of rotatable bonds is 6. The van der Waals surface area contributed by atoms with Gasteiger partial charge in [0.25, 0.3) is 5.91 Å². The van der Waals surface area contributed by atoms with Crippen LogP contribution in [0.4, 0.5) is 0 Å². The summed E-state index contributed by atoms with van der Waals surface area (Å²) in [6, 6.07) is 23.0. The lowest BCUT2D eigenvalue weighted by atomic mass is 10.0. The fourth-order valence-electron chi connectivity index (χ4n) is 2.74. The van der Waals surface area contributed by atoms with E-state index in [1.165, 1.54) is 0 Å². The van der Waals surface area contributed by atoms with Gasteiger partial charge in [-0.1, -0.05) is 66.7 Å². The fraction of sp³-hybridized carbons (Fsp3) is 0.143. The van der Waals surface area contributed by atoms with Crippen molar-refractivity contribution in [2.75, 3.05) is 13.1 Å². The normalized spacial score (nSPS) is 10.4. The molecule has 0 heterocycles. The van der Waals surface area contributed by atoms with E-state index in [1.54, 1.807) is 0 Å². The Morgan fingerprint density at radius 3 is 2.24 bits per heavy atom. The van der Waals surface area contributed by atoms with Gasteiger partial charge in [-0.2, -0.15) is 0 Å². The summed E-state index contributed by atoms with van der Waals surface area (Å²) in [5, 5.41) is 7.64. The van der Waals surface area contributed by atoms with Crippen molar-refractivity contribution in [3.8, 4) is 0 Å². The van der Waals surface area contributed by atoms with Gasteiger partial charge >= 0.3 is 0 Å². The van der Waals surface area contributed by atoms with Crippen LogP contribution in [0.25, 0.3) is 10.8 Å². The highest BCUT2D eigenvalue weighted by atomic mass is 16.2. The zero-order valence-electron chi connectivity index (χ0n) is 13.9. The van der Waals surface area contributed by atoms with Crippen molar-refractivity contribution in [2.45, 2.75) is 6.42 Å². The molecule has 4 nitrogen and oxygen atoms in total. The lowest BCUT2D eigenvalue weighted by molar-refractivity contribution is -0.120. The van der Waals surface area contributed by atoms with E-state index < -0.39 is 0 Å². The van der Waals surface area contributed by atoms with Crippen LogP contribution in [0.3, 0.4) is 0 Å². The van der Waals surface area contributed by atoms with E-state index in [2.05, 4.69) is 10.6 Å². The first kappa shape index (κ1) is 16.7. The van der Waals surface area contributed by atoms with Gasteiger partial charge in [-0.05, 0) is 22.4 Å². The molecule has 0 saturated heterocycles. The molecule has 3 aromatic carbocycles. The standard InChI is InChI=1S/C21H20N2O2/c24-20(15-16-7-2-1-3-8-16)22-13-14-23-21(25)19-12-6-10-17-9-4-5-11-18(17)19/h1-12H,13-15H2,(H,22,24)(H,23,25). The molecule has 0 spiro atoms. The van der Waals surface area contributed by atoms with Crippen LogP contribution in [0.5, 0.6) is 0 Å². The minimum atomic E-state index is -0.130. The van der Waals surface area contributed by atoms with Crippen LogP contribution < -0.4 is 10.6 Å². The van der Waals surface area contributed by atoms with Crippen LogP contribution in [-0.2, 0) is 11.2 Å². The van der Waals surface area contributed by atoms with Gasteiger partial charge in [-0.25, -0.2) is 0 Å². The minimum absolute atomic E-state index is 0.0504. The molecule has 0 radical (unpaired) electrons. The summed E-state index contributed by atoms with van der Waals surface area (Å²) < 4.78 is 0. The maximum Gasteiger partial charge on any atom is 0.251 e. The van der Waals surface area contributed by atoms with Crippen molar-refractivity contribution in [3.05, 3.63) is 83.9 Å². The van der Waals surface area contributed by atoms with E-state index in [1.807, 2.05) is 72.8 Å². The number of fused-ring (bicyclic) bond motifs is 1. The van der Waals surface area contributed by atoms with Crippen molar-refractivity contribution >= 4 is 22.6 Å². The van der Waals surface area contributed by atoms with Gasteiger partial charge in [0.1, 0.15) is 0 Å². The smallest absolute Gasteiger partial charge is 0.251 e. The number of nitrogens with one attached hydrogen (secondary N) is 2. The molecule has 3 aromatic rings. The largest absolute Gasteiger partial charge is 0.354 e. The van der Waals surface area contributed by atoms with E-state index in [9.17, 15) is 9.59 Å². The number of benzene rings is 3. The zero-order chi connectivity index (χ0) is 17.5. The van der Waals surface area contributed by atoms with Crippen molar-refractivity contribution < 1.29 is 9.59 Å². The summed E-state index contributed by atoms with van der Waals surface area (Å²) in [5.74, 6) is -0.181. The van der Waals surface area contributed by atoms with Gasteiger partial charge in [0.2, 0.25) is 5.91 Å². The van der Waals surface area contributed by atoms with Gasteiger partial charge < -0.3 is 10.6 Å². The van der Waals surface area contributed by atoms with Crippen LogP contribution in [0.15, 0.2) is 72.8 Å². The molecule has 0 fully saturated rings. The van der Waals surface area contributed by atoms with Crippen LogP contribution in [-0.4, -0.2) is 24.9 Å². The van der Waals surface area contributed by atoms with Gasteiger partial charge in [0, 0.05) is 18.7 Å². The summed E-state index contributed by atoms with van der Waals surface area (Å²) in [6.07, 6.45) is 0.345.